The number of carbonyl (C=O) groups excluding carboxylic acids is 1. The molecule has 27 heavy (non-hydrogen) atoms. The molecule has 1 aromatic carbocycles. The molecule has 0 aliphatic heterocycles. The fraction of sp³-hybridized carbons (Fsp3) is 0.529. The Morgan fingerprint density at radius 1 is 0.963 bits per heavy atom. The maximum atomic E-state index is 12.9. The molecule has 0 bridgehead atoms. The van der Waals surface area contributed by atoms with Crippen molar-refractivity contribution in [3.05, 3.63) is 34.9 Å². The first-order chi connectivity index (χ1) is 12.4. The van der Waals surface area contributed by atoms with Crippen molar-refractivity contribution in [3.63, 3.8) is 0 Å². The van der Waals surface area contributed by atoms with Crippen molar-refractivity contribution >= 4 is 11.9 Å². The predicted octanol–water partition coefficient (Wildman–Crippen LogP) is 4.35. The van der Waals surface area contributed by atoms with Gasteiger partial charge in [-0.3, -0.25) is 9.59 Å². The van der Waals surface area contributed by atoms with Crippen LogP contribution in [0.2, 0.25) is 0 Å². The van der Waals surface area contributed by atoms with Gasteiger partial charge in [0.15, 0.2) is 0 Å². The number of carboxylic acid groups (broad SMARTS) is 1. The van der Waals surface area contributed by atoms with E-state index in [9.17, 15) is 41.0 Å². The fourth-order valence-electron chi connectivity index (χ4n) is 3.19. The Labute approximate surface area is 150 Å². The van der Waals surface area contributed by atoms with E-state index in [2.05, 4.69) is 5.32 Å². The van der Waals surface area contributed by atoms with Gasteiger partial charge in [0, 0.05) is 12.1 Å². The van der Waals surface area contributed by atoms with Crippen LogP contribution in [0.5, 0.6) is 0 Å². The van der Waals surface area contributed by atoms with Gasteiger partial charge in [0.2, 0.25) is 0 Å². The molecule has 4 nitrogen and oxygen atoms in total. The van der Waals surface area contributed by atoms with E-state index >= 15 is 0 Å². The number of carboxylic acids is 1. The number of hydrogen-bond acceptors (Lipinski definition) is 2. The molecule has 2 N–H and O–H groups in total. The van der Waals surface area contributed by atoms with Crippen LogP contribution in [0.4, 0.5) is 26.3 Å². The molecule has 2 rings (SSSR count). The van der Waals surface area contributed by atoms with E-state index < -0.39 is 52.8 Å². The van der Waals surface area contributed by atoms with Crippen molar-refractivity contribution in [3.8, 4) is 0 Å². The normalized spacial score (nSPS) is 21.0. The average molecular weight is 397 g/mol. The Bertz CT molecular complexity index is 681. The minimum Gasteiger partial charge on any atom is -0.481 e. The van der Waals surface area contributed by atoms with Crippen molar-refractivity contribution in [2.75, 3.05) is 6.54 Å². The zero-order chi connectivity index (χ0) is 20.4. The first kappa shape index (κ1) is 21.0. The zero-order valence-corrected chi connectivity index (χ0v) is 14.0. The first-order valence-corrected chi connectivity index (χ1v) is 8.20. The SMILES string of the molecule is O=C(NC[C@@H]1CCCC[C@@H]1C(=O)O)c1cc(C(F)(F)F)cc(C(F)(F)F)c1. The van der Waals surface area contributed by atoms with E-state index in [0.717, 1.165) is 6.42 Å². The lowest BCUT2D eigenvalue weighted by molar-refractivity contribution is -0.145. The summed E-state index contributed by atoms with van der Waals surface area (Å²) in [7, 11) is 0. The van der Waals surface area contributed by atoms with Crippen LogP contribution in [0.1, 0.15) is 47.2 Å². The molecule has 1 aliphatic carbocycles. The summed E-state index contributed by atoms with van der Waals surface area (Å²) in [5.41, 5.74) is -3.94. The molecule has 0 radical (unpaired) electrons. The van der Waals surface area contributed by atoms with Crippen LogP contribution in [-0.2, 0) is 17.1 Å². The Morgan fingerprint density at radius 2 is 1.48 bits per heavy atom. The third-order valence-electron chi connectivity index (χ3n) is 4.60. The monoisotopic (exact) mass is 397 g/mol. The molecule has 0 saturated heterocycles. The summed E-state index contributed by atoms with van der Waals surface area (Å²) < 4.78 is 77.1. The number of rotatable bonds is 4. The molecule has 1 saturated carbocycles. The van der Waals surface area contributed by atoms with E-state index in [4.69, 9.17) is 0 Å². The highest BCUT2D eigenvalue weighted by atomic mass is 19.4. The van der Waals surface area contributed by atoms with Gasteiger partial charge in [-0.1, -0.05) is 12.8 Å². The van der Waals surface area contributed by atoms with Crippen molar-refractivity contribution in [1.82, 2.24) is 5.32 Å². The number of alkyl halides is 6. The molecule has 0 aromatic heterocycles. The van der Waals surface area contributed by atoms with E-state index in [1.165, 1.54) is 0 Å². The van der Waals surface area contributed by atoms with Crippen molar-refractivity contribution in [1.29, 1.82) is 0 Å². The number of halogens is 6. The standard InChI is InChI=1S/C17H17F6NO3/c18-16(19,20)11-5-10(6-12(7-11)17(21,22)23)14(25)24-8-9-3-1-2-4-13(9)15(26)27/h5-7,9,13H,1-4,8H2,(H,24,25)(H,26,27)/t9-,13-/m0/s1. The van der Waals surface area contributed by atoms with Gasteiger partial charge in [-0.05, 0) is 37.0 Å². The van der Waals surface area contributed by atoms with E-state index in [1.807, 2.05) is 0 Å². The van der Waals surface area contributed by atoms with Crippen molar-refractivity contribution in [2.45, 2.75) is 38.0 Å². The highest BCUT2D eigenvalue weighted by molar-refractivity contribution is 5.94. The fourth-order valence-corrected chi connectivity index (χ4v) is 3.19. The molecule has 10 heteroatoms. The van der Waals surface area contributed by atoms with Gasteiger partial charge in [0.1, 0.15) is 0 Å². The third-order valence-corrected chi connectivity index (χ3v) is 4.60. The van der Waals surface area contributed by atoms with Crippen molar-refractivity contribution < 1.29 is 41.0 Å². The van der Waals surface area contributed by atoms with Crippen LogP contribution in [0.25, 0.3) is 0 Å². The Balaban J connectivity index is 2.21. The van der Waals surface area contributed by atoms with Crippen LogP contribution in [0.3, 0.4) is 0 Å². The van der Waals surface area contributed by atoms with Crippen LogP contribution >= 0.6 is 0 Å². The third kappa shape index (κ3) is 5.36. The van der Waals surface area contributed by atoms with Crippen LogP contribution in [0.15, 0.2) is 18.2 Å². The highest BCUT2D eigenvalue weighted by Crippen LogP contribution is 2.36. The van der Waals surface area contributed by atoms with Gasteiger partial charge in [-0.25, -0.2) is 0 Å². The molecule has 1 aromatic rings. The average Bonchev–Trinajstić information content (AvgIpc) is 2.57. The molecule has 150 valence electrons. The van der Waals surface area contributed by atoms with Crippen LogP contribution in [0, 0.1) is 11.8 Å². The largest absolute Gasteiger partial charge is 0.481 e. The molecule has 0 heterocycles. The molecule has 1 fully saturated rings. The molecule has 0 unspecified atom stereocenters. The molecular formula is C17H17F6NO3. The summed E-state index contributed by atoms with van der Waals surface area (Å²) in [6.45, 7) is -0.132. The highest BCUT2D eigenvalue weighted by Gasteiger charge is 2.38. The number of amides is 1. The van der Waals surface area contributed by atoms with E-state index in [-0.39, 0.29) is 12.6 Å². The minimum atomic E-state index is -5.05. The van der Waals surface area contributed by atoms with Gasteiger partial charge >= 0.3 is 18.3 Å². The second-order valence-corrected chi connectivity index (χ2v) is 6.49. The lowest BCUT2D eigenvalue weighted by Crippen LogP contribution is -2.37. The maximum Gasteiger partial charge on any atom is 0.416 e. The second-order valence-electron chi connectivity index (χ2n) is 6.49. The minimum absolute atomic E-state index is 0.0572. The number of nitrogens with one attached hydrogen (secondary N) is 1. The van der Waals surface area contributed by atoms with Gasteiger partial charge in [-0.2, -0.15) is 26.3 Å². The molecule has 2 atom stereocenters. The number of carbonyl (C=O) groups is 2. The lowest BCUT2D eigenvalue weighted by Gasteiger charge is -2.28. The lowest BCUT2D eigenvalue weighted by atomic mass is 9.79. The summed E-state index contributed by atoms with van der Waals surface area (Å²) >= 11 is 0. The van der Waals surface area contributed by atoms with Crippen LogP contribution in [-0.4, -0.2) is 23.5 Å². The zero-order valence-electron chi connectivity index (χ0n) is 14.0. The molecule has 1 aliphatic rings. The number of hydrogen-bond donors (Lipinski definition) is 2. The molecule has 1 amide bonds. The summed E-state index contributed by atoms with van der Waals surface area (Å²) in [6.07, 6.45) is -7.72. The summed E-state index contributed by atoms with van der Waals surface area (Å²) in [5.74, 6) is -3.27. The van der Waals surface area contributed by atoms with Crippen LogP contribution < -0.4 is 5.32 Å². The Morgan fingerprint density at radius 3 is 1.96 bits per heavy atom. The second kappa shape index (κ2) is 7.77. The molecular weight excluding hydrogens is 380 g/mol. The quantitative estimate of drug-likeness (QED) is 0.743. The molecule has 0 spiro atoms. The van der Waals surface area contributed by atoms with Gasteiger partial charge < -0.3 is 10.4 Å². The van der Waals surface area contributed by atoms with Gasteiger partial charge in [0.25, 0.3) is 5.91 Å². The van der Waals surface area contributed by atoms with Crippen molar-refractivity contribution in [2.24, 2.45) is 11.8 Å². The van der Waals surface area contributed by atoms with Gasteiger partial charge in [-0.15, -0.1) is 0 Å². The summed E-state index contributed by atoms with van der Waals surface area (Å²) in [6, 6.07) is 0.638. The Hall–Kier alpha value is -2.26. The Kier molecular flexibility index (Phi) is 6.06. The van der Waals surface area contributed by atoms with E-state index in [0.29, 0.717) is 31.4 Å². The smallest absolute Gasteiger partial charge is 0.416 e. The number of aliphatic carboxylic acids is 1. The number of benzene rings is 1. The topological polar surface area (TPSA) is 66.4 Å². The summed E-state index contributed by atoms with van der Waals surface area (Å²) in [4.78, 5) is 23.4. The summed E-state index contributed by atoms with van der Waals surface area (Å²) in [5, 5.41) is 11.5. The maximum absolute atomic E-state index is 12.9. The van der Waals surface area contributed by atoms with Gasteiger partial charge in [0.05, 0.1) is 17.0 Å². The van der Waals surface area contributed by atoms with E-state index in [1.54, 1.807) is 0 Å². The predicted molar refractivity (Wildman–Crippen MR) is 81.9 cm³/mol. The first-order valence-electron chi connectivity index (χ1n) is 8.20.